The van der Waals surface area contributed by atoms with Gasteiger partial charge < -0.3 is 10.1 Å². The normalized spacial score (nSPS) is 22.0. The number of aromatic amines is 1. The highest BCUT2D eigenvalue weighted by molar-refractivity contribution is 5.93. The van der Waals surface area contributed by atoms with Crippen molar-refractivity contribution < 1.29 is 18.3 Å². The second kappa shape index (κ2) is 8.70. The summed E-state index contributed by atoms with van der Waals surface area (Å²) in [5.41, 5.74) is -0.353. The number of rotatable bonds is 7. The fraction of sp³-hybridized carbons (Fsp3) is 0.524. The van der Waals surface area contributed by atoms with E-state index in [1.54, 1.807) is 30.2 Å². The number of alkyl halides is 2. The Kier molecular flexibility index (Phi) is 5.99. The Hall–Kier alpha value is -2.88. The molecule has 31 heavy (non-hydrogen) atoms. The summed E-state index contributed by atoms with van der Waals surface area (Å²) in [5, 5.41) is 8.71. The van der Waals surface area contributed by atoms with Crippen molar-refractivity contribution in [3.63, 3.8) is 0 Å². The van der Waals surface area contributed by atoms with Gasteiger partial charge in [0.05, 0.1) is 30.5 Å². The highest BCUT2D eigenvalue weighted by Crippen LogP contribution is 2.39. The number of carbonyl (C=O) groups excluding carboxylic acids is 1. The number of nitrogens with zero attached hydrogens (tertiary/aromatic N) is 3. The summed E-state index contributed by atoms with van der Waals surface area (Å²) >= 11 is 0. The van der Waals surface area contributed by atoms with Crippen molar-refractivity contribution in [2.24, 2.45) is 5.92 Å². The van der Waals surface area contributed by atoms with E-state index in [-0.39, 0.29) is 24.7 Å². The molecule has 10 heteroatoms. The van der Waals surface area contributed by atoms with Gasteiger partial charge in [-0.05, 0) is 43.9 Å². The van der Waals surface area contributed by atoms with Gasteiger partial charge in [0.25, 0.3) is 11.5 Å². The zero-order chi connectivity index (χ0) is 22.0. The van der Waals surface area contributed by atoms with Crippen molar-refractivity contribution in [3.8, 4) is 5.75 Å². The van der Waals surface area contributed by atoms with Crippen molar-refractivity contribution in [1.29, 1.82) is 0 Å². The average molecular weight is 433 g/mol. The van der Waals surface area contributed by atoms with E-state index >= 15 is 0 Å². The molecule has 1 aliphatic heterocycles. The number of H-pyrrole nitrogens is 1. The molecule has 8 nitrogen and oxygen atoms in total. The number of hydrogen-bond acceptors (Lipinski definition) is 6. The lowest BCUT2D eigenvalue weighted by molar-refractivity contribution is -0.125. The minimum Gasteiger partial charge on any atom is -0.492 e. The third-order valence-electron chi connectivity index (χ3n) is 5.81. The van der Waals surface area contributed by atoms with Crippen molar-refractivity contribution in [1.82, 2.24) is 20.1 Å². The molecule has 1 unspecified atom stereocenters. The standard InChI is InChI=1S/C21H25F2N5O3/c1-13(20(30)25-18-6-4-15(10-24-18)31-12-14-2-3-14)28-9-8-21(22,23)16(11-28)17-5-7-19(29)27-26-17/h4-7,10,13-14,16H,2-3,8-9,11-12H2,1H3,(H,27,29)(H,24,25,30)/t13?,16-/m1/s1. The summed E-state index contributed by atoms with van der Waals surface area (Å²) < 4.78 is 34.7. The lowest BCUT2D eigenvalue weighted by Crippen LogP contribution is -2.52. The first kappa shape index (κ1) is 21.4. The number of likely N-dealkylation sites (tertiary alicyclic amines) is 1. The number of nitrogens with one attached hydrogen (secondary N) is 2. The smallest absolute Gasteiger partial charge is 0.264 e. The maximum atomic E-state index is 14.5. The summed E-state index contributed by atoms with van der Waals surface area (Å²) in [4.78, 5) is 29.8. The molecule has 2 N–H and O–H groups in total. The van der Waals surface area contributed by atoms with Crippen LogP contribution in [0.25, 0.3) is 0 Å². The van der Waals surface area contributed by atoms with Crippen LogP contribution in [-0.2, 0) is 4.79 Å². The van der Waals surface area contributed by atoms with Crippen LogP contribution >= 0.6 is 0 Å². The van der Waals surface area contributed by atoms with Gasteiger partial charge in [-0.2, -0.15) is 5.10 Å². The summed E-state index contributed by atoms with van der Waals surface area (Å²) in [6, 6.07) is 5.24. The van der Waals surface area contributed by atoms with Crippen LogP contribution in [0, 0.1) is 5.92 Å². The highest BCUT2D eigenvalue weighted by atomic mass is 19.3. The molecule has 2 atom stereocenters. The van der Waals surface area contributed by atoms with E-state index < -0.39 is 29.9 Å². The Morgan fingerprint density at radius 1 is 1.35 bits per heavy atom. The second-order valence-electron chi connectivity index (χ2n) is 8.20. The number of ether oxygens (including phenoxy) is 1. The minimum atomic E-state index is -2.98. The number of anilines is 1. The quantitative estimate of drug-likeness (QED) is 0.696. The monoisotopic (exact) mass is 433 g/mol. The zero-order valence-corrected chi connectivity index (χ0v) is 17.2. The Morgan fingerprint density at radius 2 is 2.16 bits per heavy atom. The molecule has 1 amide bonds. The van der Waals surface area contributed by atoms with E-state index in [0.717, 1.165) is 0 Å². The molecule has 0 bridgehead atoms. The topological polar surface area (TPSA) is 100 Å². The molecule has 2 fully saturated rings. The van der Waals surface area contributed by atoms with Crippen LogP contribution < -0.4 is 15.6 Å². The predicted molar refractivity (Wildman–Crippen MR) is 109 cm³/mol. The largest absolute Gasteiger partial charge is 0.492 e. The first-order chi connectivity index (χ1) is 14.8. The van der Waals surface area contributed by atoms with E-state index in [0.29, 0.717) is 24.1 Å². The molecule has 1 saturated heterocycles. The van der Waals surface area contributed by atoms with E-state index in [1.807, 2.05) is 0 Å². The second-order valence-corrected chi connectivity index (χ2v) is 8.20. The molecule has 2 aromatic rings. The van der Waals surface area contributed by atoms with Gasteiger partial charge in [-0.25, -0.2) is 18.9 Å². The lowest BCUT2D eigenvalue weighted by atomic mass is 9.89. The Morgan fingerprint density at radius 3 is 2.81 bits per heavy atom. The number of amides is 1. The molecule has 2 aliphatic rings. The molecular weight excluding hydrogens is 408 g/mol. The number of halogens is 2. The van der Waals surface area contributed by atoms with Gasteiger partial charge in [-0.1, -0.05) is 0 Å². The van der Waals surface area contributed by atoms with Crippen LogP contribution in [0.2, 0.25) is 0 Å². The average Bonchev–Trinajstić information content (AvgIpc) is 3.58. The Bertz CT molecular complexity index is 957. The fourth-order valence-corrected chi connectivity index (χ4v) is 3.57. The number of aromatic nitrogens is 3. The molecule has 0 aromatic carbocycles. The van der Waals surface area contributed by atoms with Crippen LogP contribution in [0.3, 0.4) is 0 Å². The molecule has 0 radical (unpaired) electrons. The van der Waals surface area contributed by atoms with Gasteiger partial charge in [-0.3, -0.25) is 14.5 Å². The van der Waals surface area contributed by atoms with Crippen molar-refractivity contribution in [2.75, 3.05) is 25.0 Å². The third kappa shape index (κ3) is 5.25. The van der Waals surface area contributed by atoms with Gasteiger partial charge in [0.15, 0.2) is 0 Å². The first-order valence-electron chi connectivity index (χ1n) is 10.4. The van der Waals surface area contributed by atoms with E-state index in [4.69, 9.17) is 4.74 Å². The fourth-order valence-electron chi connectivity index (χ4n) is 3.57. The predicted octanol–water partition coefficient (Wildman–Crippen LogP) is 2.41. The maximum Gasteiger partial charge on any atom is 0.264 e. The minimum absolute atomic E-state index is 0.0536. The molecule has 2 aromatic heterocycles. The summed E-state index contributed by atoms with van der Waals surface area (Å²) in [7, 11) is 0. The van der Waals surface area contributed by atoms with E-state index in [9.17, 15) is 18.4 Å². The molecule has 4 rings (SSSR count). The molecular formula is C21H25F2N5O3. The van der Waals surface area contributed by atoms with Crippen LogP contribution in [0.15, 0.2) is 35.3 Å². The molecule has 0 spiro atoms. The number of carbonyl (C=O) groups is 1. The van der Waals surface area contributed by atoms with Gasteiger partial charge >= 0.3 is 0 Å². The molecule has 1 aliphatic carbocycles. The van der Waals surface area contributed by atoms with E-state index in [1.165, 1.54) is 25.0 Å². The van der Waals surface area contributed by atoms with Crippen LogP contribution in [0.4, 0.5) is 14.6 Å². The van der Waals surface area contributed by atoms with Gasteiger partial charge in [0.2, 0.25) is 5.91 Å². The lowest BCUT2D eigenvalue weighted by Gasteiger charge is -2.40. The van der Waals surface area contributed by atoms with Crippen molar-refractivity contribution in [3.05, 3.63) is 46.5 Å². The summed E-state index contributed by atoms with van der Waals surface area (Å²) in [6.07, 6.45) is 3.55. The van der Waals surface area contributed by atoms with Crippen LogP contribution in [-0.4, -0.2) is 57.6 Å². The van der Waals surface area contributed by atoms with Gasteiger partial charge in [0, 0.05) is 25.6 Å². The SMILES string of the molecule is CC(C(=O)Nc1ccc(OCC2CC2)cn1)N1CCC(F)(F)[C@@H](c2ccc(=O)[nH]n2)C1. The highest BCUT2D eigenvalue weighted by Gasteiger charge is 2.47. The number of piperidine rings is 1. The molecule has 3 heterocycles. The van der Waals surface area contributed by atoms with Crippen LogP contribution in [0.1, 0.15) is 37.8 Å². The van der Waals surface area contributed by atoms with Crippen molar-refractivity contribution in [2.45, 2.75) is 44.1 Å². The number of hydrogen-bond donors (Lipinski definition) is 2. The number of pyridine rings is 1. The molecule has 166 valence electrons. The molecule has 1 saturated carbocycles. The zero-order valence-electron chi connectivity index (χ0n) is 17.2. The Balaban J connectivity index is 1.37. The first-order valence-corrected chi connectivity index (χ1v) is 10.4. The summed E-state index contributed by atoms with van der Waals surface area (Å²) in [6.45, 7) is 2.36. The van der Waals surface area contributed by atoms with Gasteiger partial charge in [-0.15, -0.1) is 0 Å². The van der Waals surface area contributed by atoms with Crippen molar-refractivity contribution >= 4 is 11.7 Å². The van der Waals surface area contributed by atoms with Gasteiger partial charge in [0.1, 0.15) is 11.6 Å². The summed E-state index contributed by atoms with van der Waals surface area (Å²) in [5.74, 6) is -2.88. The van der Waals surface area contributed by atoms with Crippen LogP contribution in [0.5, 0.6) is 5.75 Å². The maximum absolute atomic E-state index is 14.5. The Labute approximate surface area is 178 Å². The third-order valence-corrected chi connectivity index (χ3v) is 5.81. The van der Waals surface area contributed by atoms with E-state index in [2.05, 4.69) is 20.5 Å².